The molecule has 0 spiro atoms. The highest BCUT2D eigenvalue weighted by molar-refractivity contribution is 5.92. The van der Waals surface area contributed by atoms with Crippen molar-refractivity contribution in [2.45, 2.75) is 6.10 Å². The number of benzene rings is 2. The topological polar surface area (TPSA) is 89.9 Å². The predicted octanol–water partition coefficient (Wildman–Crippen LogP) is 2.59. The molecule has 2 aromatic carbocycles. The number of β-amino-alcohol motifs (C(OH)–C–C–N with tert-alkyl or cyclic N) is 1. The summed E-state index contributed by atoms with van der Waals surface area (Å²) in [5.41, 5.74) is 1.65. The Morgan fingerprint density at radius 2 is 1.67 bits per heavy atom. The SMILES string of the molecule is COCCOCOc1c(OC)cc(C=CC(=O)N2CCN(CC(O)c3ccccc3)CC2)cc1OC. The zero-order valence-corrected chi connectivity index (χ0v) is 21.2. The molecule has 0 bridgehead atoms. The number of aliphatic hydroxyl groups is 1. The highest BCUT2D eigenvalue weighted by atomic mass is 16.7. The first-order chi connectivity index (χ1) is 17.5. The van der Waals surface area contributed by atoms with Crippen LogP contribution in [0.3, 0.4) is 0 Å². The molecule has 1 amide bonds. The third kappa shape index (κ3) is 7.96. The van der Waals surface area contributed by atoms with Crippen LogP contribution in [0.1, 0.15) is 17.2 Å². The molecular weight excluding hydrogens is 464 g/mol. The second kappa shape index (κ2) is 14.4. The lowest BCUT2D eigenvalue weighted by Gasteiger charge is -2.35. The van der Waals surface area contributed by atoms with Crippen molar-refractivity contribution in [1.82, 2.24) is 9.80 Å². The summed E-state index contributed by atoms with van der Waals surface area (Å²) in [5, 5.41) is 10.5. The summed E-state index contributed by atoms with van der Waals surface area (Å²) in [6.45, 7) is 4.09. The van der Waals surface area contributed by atoms with Crippen LogP contribution in [0.5, 0.6) is 17.2 Å². The number of methoxy groups -OCH3 is 3. The molecule has 36 heavy (non-hydrogen) atoms. The first-order valence-electron chi connectivity index (χ1n) is 11.9. The number of hydrogen-bond acceptors (Lipinski definition) is 8. The molecule has 0 saturated carbocycles. The number of ether oxygens (including phenoxy) is 5. The molecule has 1 saturated heterocycles. The van der Waals surface area contributed by atoms with Crippen molar-refractivity contribution in [3.8, 4) is 17.2 Å². The lowest BCUT2D eigenvalue weighted by molar-refractivity contribution is -0.127. The lowest BCUT2D eigenvalue weighted by Crippen LogP contribution is -2.49. The fraction of sp³-hybridized carbons (Fsp3) is 0.444. The van der Waals surface area contributed by atoms with Crippen molar-refractivity contribution in [3.63, 3.8) is 0 Å². The average Bonchev–Trinajstić information content (AvgIpc) is 2.92. The summed E-state index contributed by atoms with van der Waals surface area (Å²) < 4.78 is 26.9. The van der Waals surface area contributed by atoms with Gasteiger partial charge in [-0.05, 0) is 29.3 Å². The summed E-state index contributed by atoms with van der Waals surface area (Å²) in [6.07, 6.45) is 2.75. The van der Waals surface area contributed by atoms with E-state index < -0.39 is 6.10 Å². The fourth-order valence-corrected chi connectivity index (χ4v) is 3.89. The Bertz CT molecular complexity index is 950. The van der Waals surface area contributed by atoms with E-state index in [0.717, 1.165) is 11.1 Å². The van der Waals surface area contributed by atoms with Crippen LogP contribution in [0.25, 0.3) is 6.08 Å². The average molecular weight is 501 g/mol. The highest BCUT2D eigenvalue weighted by Gasteiger charge is 2.22. The molecule has 1 heterocycles. The van der Waals surface area contributed by atoms with Gasteiger partial charge >= 0.3 is 0 Å². The molecule has 1 N–H and O–H groups in total. The largest absolute Gasteiger partial charge is 0.493 e. The van der Waals surface area contributed by atoms with E-state index in [2.05, 4.69) is 4.90 Å². The molecule has 0 radical (unpaired) electrons. The van der Waals surface area contributed by atoms with Gasteiger partial charge in [0, 0.05) is 45.9 Å². The van der Waals surface area contributed by atoms with Gasteiger partial charge in [0.2, 0.25) is 11.7 Å². The van der Waals surface area contributed by atoms with E-state index in [1.165, 1.54) is 0 Å². The number of rotatable bonds is 13. The maximum absolute atomic E-state index is 12.8. The summed E-state index contributed by atoms with van der Waals surface area (Å²) in [4.78, 5) is 16.8. The van der Waals surface area contributed by atoms with Gasteiger partial charge in [0.05, 0.1) is 33.5 Å². The molecule has 9 heteroatoms. The molecule has 1 aliphatic rings. The van der Waals surface area contributed by atoms with Crippen LogP contribution < -0.4 is 14.2 Å². The van der Waals surface area contributed by atoms with Crippen LogP contribution in [0.4, 0.5) is 0 Å². The number of carbonyl (C=O) groups is 1. The molecule has 1 fully saturated rings. The molecule has 2 aromatic rings. The number of hydrogen-bond donors (Lipinski definition) is 1. The van der Waals surface area contributed by atoms with E-state index in [4.69, 9.17) is 23.7 Å². The van der Waals surface area contributed by atoms with Crippen LogP contribution >= 0.6 is 0 Å². The van der Waals surface area contributed by atoms with Gasteiger partial charge < -0.3 is 33.7 Å². The second-order valence-corrected chi connectivity index (χ2v) is 8.30. The minimum atomic E-state index is -0.540. The molecular formula is C27H36N2O7. The zero-order valence-electron chi connectivity index (χ0n) is 21.2. The van der Waals surface area contributed by atoms with Crippen LogP contribution in [-0.2, 0) is 14.3 Å². The van der Waals surface area contributed by atoms with Crippen molar-refractivity contribution in [2.24, 2.45) is 0 Å². The van der Waals surface area contributed by atoms with Crippen molar-refractivity contribution in [3.05, 3.63) is 59.7 Å². The van der Waals surface area contributed by atoms with Crippen LogP contribution in [0.2, 0.25) is 0 Å². The van der Waals surface area contributed by atoms with Crippen LogP contribution in [0, 0.1) is 0 Å². The second-order valence-electron chi connectivity index (χ2n) is 8.30. The smallest absolute Gasteiger partial charge is 0.246 e. The van der Waals surface area contributed by atoms with E-state index >= 15 is 0 Å². The minimum absolute atomic E-state index is 0.0259. The molecule has 196 valence electrons. The maximum atomic E-state index is 12.8. The number of amides is 1. The summed E-state index contributed by atoms with van der Waals surface area (Å²) in [6, 6.07) is 13.2. The molecule has 0 aliphatic carbocycles. The number of piperazine rings is 1. The molecule has 1 aliphatic heterocycles. The van der Waals surface area contributed by atoms with E-state index in [1.54, 1.807) is 45.6 Å². The first kappa shape index (κ1) is 27.5. The monoisotopic (exact) mass is 500 g/mol. The van der Waals surface area contributed by atoms with Gasteiger partial charge in [-0.25, -0.2) is 0 Å². The Kier molecular flexibility index (Phi) is 11.0. The number of aliphatic hydroxyl groups excluding tert-OH is 1. The van der Waals surface area contributed by atoms with Crippen molar-refractivity contribution in [2.75, 3.05) is 74.1 Å². The predicted molar refractivity (Wildman–Crippen MR) is 136 cm³/mol. The normalized spacial score (nSPS) is 15.2. The summed E-state index contributed by atoms with van der Waals surface area (Å²) in [5.74, 6) is 1.31. The molecule has 3 rings (SSSR count). The van der Waals surface area contributed by atoms with Gasteiger partial charge in [0.25, 0.3) is 0 Å². The third-order valence-corrected chi connectivity index (χ3v) is 5.92. The van der Waals surface area contributed by atoms with Gasteiger partial charge in [-0.2, -0.15) is 0 Å². The maximum Gasteiger partial charge on any atom is 0.246 e. The third-order valence-electron chi connectivity index (χ3n) is 5.92. The van der Waals surface area contributed by atoms with Crippen LogP contribution in [-0.4, -0.2) is 94.9 Å². The van der Waals surface area contributed by atoms with E-state index in [9.17, 15) is 9.90 Å². The van der Waals surface area contributed by atoms with Gasteiger partial charge in [0.15, 0.2) is 18.3 Å². The zero-order chi connectivity index (χ0) is 25.8. The van der Waals surface area contributed by atoms with Gasteiger partial charge in [-0.15, -0.1) is 0 Å². The molecule has 9 nitrogen and oxygen atoms in total. The van der Waals surface area contributed by atoms with E-state index in [0.29, 0.717) is 63.2 Å². The quantitative estimate of drug-likeness (QED) is 0.255. The van der Waals surface area contributed by atoms with Crippen molar-refractivity contribution < 1.29 is 33.6 Å². The van der Waals surface area contributed by atoms with Gasteiger partial charge in [-0.3, -0.25) is 9.69 Å². The van der Waals surface area contributed by atoms with E-state index in [1.807, 2.05) is 35.2 Å². The Morgan fingerprint density at radius 1 is 1.00 bits per heavy atom. The molecule has 1 unspecified atom stereocenters. The lowest BCUT2D eigenvalue weighted by atomic mass is 10.1. The Balaban J connectivity index is 1.54. The fourth-order valence-electron chi connectivity index (χ4n) is 3.89. The first-order valence-corrected chi connectivity index (χ1v) is 11.9. The van der Waals surface area contributed by atoms with Crippen LogP contribution in [0.15, 0.2) is 48.5 Å². The minimum Gasteiger partial charge on any atom is -0.493 e. The van der Waals surface area contributed by atoms with E-state index in [-0.39, 0.29) is 12.7 Å². The van der Waals surface area contributed by atoms with Crippen molar-refractivity contribution >= 4 is 12.0 Å². The molecule has 0 aromatic heterocycles. The van der Waals surface area contributed by atoms with Gasteiger partial charge in [-0.1, -0.05) is 30.3 Å². The Hall–Kier alpha value is -3.11. The molecule has 1 atom stereocenters. The Morgan fingerprint density at radius 3 is 2.28 bits per heavy atom. The van der Waals surface area contributed by atoms with Gasteiger partial charge in [0.1, 0.15) is 0 Å². The van der Waals surface area contributed by atoms with Crippen molar-refractivity contribution in [1.29, 1.82) is 0 Å². The summed E-state index contributed by atoms with van der Waals surface area (Å²) in [7, 11) is 4.69. The highest BCUT2D eigenvalue weighted by Crippen LogP contribution is 2.39. The number of carbonyl (C=O) groups excluding carboxylic acids is 1. The number of nitrogens with zero attached hydrogens (tertiary/aromatic N) is 2. The summed E-state index contributed by atoms with van der Waals surface area (Å²) >= 11 is 0. The Labute approximate surface area is 212 Å². The standard InChI is InChI=1S/C27H36N2O7/c1-32-15-16-35-20-36-27-24(33-2)17-21(18-25(27)34-3)9-10-26(31)29-13-11-28(12-14-29)19-23(30)22-7-5-4-6-8-22/h4-10,17-18,23,30H,11-16,19-20H2,1-3H3.